The summed E-state index contributed by atoms with van der Waals surface area (Å²) in [6.45, 7) is 5.49. The molecule has 6 N–H and O–H groups in total. The van der Waals surface area contributed by atoms with Crippen LogP contribution in [0.25, 0.3) is 11.0 Å². The highest BCUT2D eigenvalue weighted by molar-refractivity contribution is 5.89. The van der Waals surface area contributed by atoms with Gasteiger partial charge in [0.1, 0.15) is 5.82 Å². The normalized spacial score (nSPS) is 11.1. The van der Waals surface area contributed by atoms with E-state index in [1.54, 1.807) is 23.0 Å². The molecule has 0 saturated heterocycles. The number of nitrogens with zero attached hydrogens (tertiary/aromatic N) is 6. The molecule has 0 spiro atoms. The first-order valence-corrected chi connectivity index (χ1v) is 10.3. The van der Waals surface area contributed by atoms with E-state index in [1.807, 2.05) is 36.7 Å². The summed E-state index contributed by atoms with van der Waals surface area (Å²) in [6.07, 6.45) is 1.96. The van der Waals surface area contributed by atoms with E-state index in [0.717, 1.165) is 29.0 Å². The smallest absolute Gasteiger partial charge is 0.226 e. The molecule has 0 aliphatic carbocycles. The van der Waals surface area contributed by atoms with Gasteiger partial charge in [-0.2, -0.15) is 20.2 Å². The fraction of sp³-hybridized carbons (Fsp3) is 0.286. The number of nitrogens with one attached hydrogen (secondary N) is 2. The average Bonchev–Trinajstić information content (AvgIpc) is 3.32. The van der Waals surface area contributed by atoms with Gasteiger partial charge in [-0.15, -0.1) is 0 Å². The minimum absolute atomic E-state index is 0.0732. The molecule has 0 fully saturated rings. The molecule has 4 rings (SSSR count). The maximum absolute atomic E-state index is 12.4. The molecule has 0 aliphatic rings. The Morgan fingerprint density at radius 3 is 2.66 bits per heavy atom. The lowest BCUT2D eigenvalue weighted by Crippen LogP contribution is -2.29. The number of anilines is 4. The zero-order chi connectivity index (χ0) is 22.7. The lowest BCUT2D eigenvalue weighted by atomic mass is 10.2. The number of nitrogens with two attached hydrogens (primary N) is 2. The van der Waals surface area contributed by atoms with E-state index in [1.165, 1.54) is 0 Å². The standard InChI is InChI=1S/C21H26N10O/c1-3-30-16(10-13(2)29-30)11-18(32)24-8-9-31-20-17(12-25-31)19(27-21(23)28-20)26-15-6-4-14(22)5-7-15/h4-7,10,12H,3,8-9,11,22H2,1-2H3,(H,24,32)(H3,23,26,27,28). The molecule has 0 radical (unpaired) electrons. The number of carbonyl (C=O) groups excluding carboxylic acids is 1. The summed E-state index contributed by atoms with van der Waals surface area (Å²) >= 11 is 0. The van der Waals surface area contributed by atoms with Crippen LogP contribution in [0.1, 0.15) is 18.3 Å². The van der Waals surface area contributed by atoms with Crippen molar-refractivity contribution in [1.29, 1.82) is 0 Å². The topological polar surface area (TPSA) is 155 Å². The number of amides is 1. The third-order valence-corrected chi connectivity index (χ3v) is 4.96. The van der Waals surface area contributed by atoms with Crippen molar-refractivity contribution in [3.8, 4) is 0 Å². The Kier molecular flexibility index (Phi) is 5.88. The number of carbonyl (C=O) groups is 1. The number of aromatic nitrogens is 6. The monoisotopic (exact) mass is 434 g/mol. The summed E-state index contributed by atoms with van der Waals surface area (Å²) in [5, 5.41) is 15.6. The van der Waals surface area contributed by atoms with E-state index in [2.05, 4.69) is 30.8 Å². The number of aryl methyl sites for hydroxylation is 2. The van der Waals surface area contributed by atoms with Crippen molar-refractivity contribution in [3.05, 3.63) is 47.9 Å². The second kappa shape index (κ2) is 8.92. The Hall–Kier alpha value is -4.15. The van der Waals surface area contributed by atoms with Gasteiger partial charge in [-0.05, 0) is 44.2 Å². The predicted octanol–water partition coefficient (Wildman–Crippen LogP) is 1.62. The summed E-state index contributed by atoms with van der Waals surface area (Å²) in [5.41, 5.74) is 15.5. The van der Waals surface area contributed by atoms with Crippen molar-refractivity contribution >= 4 is 40.1 Å². The molecule has 1 amide bonds. The zero-order valence-electron chi connectivity index (χ0n) is 18.0. The quantitative estimate of drug-likeness (QED) is 0.305. The van der Waals surface area contributed by atoms with Crippen LogP contribution in [-0.4, -0.2) is 42.0 Å². The molecule has 0 aliphatic heterocycles. The van der Waals surface area contributed by atoms with Crippen LogP contribution in [0.15, 0.2) is 36.5 Å². The first-order chi connectivity index (χ1) is 15.4. The van der Waals surface area contributed by atoms with Crippen LogP contribution in [0.4, 0.5) is 23.1 Å². The SMILES string of the molecule is CCn1nc(C)cc1CC(=O)NCCn1ncc2c(Nc3ccc(N)cc3)nc(N)nc21. The second-order valence-corrected chi connectivity index (χ2v) is 7.40. The second-order valence-electron chi connectivity index (χ2n) is 7.40. The van der Waals surface area contributed by atoms with Crippen molar-refractivity contribution in [1.82, 2.24) is 34.8 Å². The van der Waals surface area contributed by atoms with Gasteiger partial charge >= 0.3 is 0 Å². The largest absolute Gasteiger partial charge is 0.399 e. The van der Waals surface area contributed by atoms with Gasteiger partial charge in [0.15, 0.2) is 5.65 Å². The highest BCUT2D eigenvalue weighted by atomic mass is 16.1. The molecule has 3 heterocycles. The molecule has 11 nitrogen and oxygen atoms in total. The number of nitrogen functional groups attached to an aromatic ring is 2. The third kappa shape index (κ3) is 4.61. The Labute approximate surface area is 184 Å². The number of fused-ring (bicyclic) bond motifs is 1. The fourth-order valence-corrected chi connectivity index (χ4v) is 3.48. The Morgan fingerprint density at radius 2 is 1.91 bits per heavy atom. The summed E-state index contributed by atoms with van der Waals surface area (Å²) in [4.78, 5) is 21.0. The third-order valence-electron chi connectivity index (χ3n) is 4.96. The number of benzene rings is 1. The van der Waals surface area contributed by atoms with Crippen LogP contribution in [0, 0.1) is 6.92 Å². The molecular formula is C21H26N10O. The first kappa shape index (κ1) is 21.1. The Balaban J connectivity index is 1.43. The van der Waals surface area contributed by atoms with Crippen LogP contribution < -0.4 is 22.1 Å². The van der Waals surface area contributed by atoms with Gasteiger partial charge in [-0.1, -0.05) is 0 Å². The van der Waals surface area contributed by atoms with Crippen molar-refractivity contribution in [2.24, 2.45) is 0 Å². The maximum Gasteiger partial charge on any atom is 0.226 e. The predicted molar refractivity (Wildman–Crippen MR) is 123 cm³/mol. The lowest BCUT2D eigenvalue weighted by molar-refractivity contribution is -0.120. The van der Waals surface area contributed by atoms with E-state index in [-0.39, 0.29) is 18.3 Å². The summed E-state index contributed by atoms with van der Waals surface area (Å²) in [7, 11) is 0. The van der Waals surface area contributed by atoms with Gasteiger partial charge in [0.05, 0.1) is 30.2 Å². The molecule has 4 aromatic rings. The highest BCUT2D eigenvalue weighted by Crippen LogP contribution is 2.24. The van der Waals surface area contributed by atoms with Crippen molar-refractivity contribution in [2.45, 2.75) is 33.4 Å². The summed E-state index contributed by atoms with van der Waals surface area (Å²) in [6, 6.07) is 9.23. The Morgan fingerprint density at radius 1 is 1.12 bits per heavy atom. The molecule has 0 saturated carbocycles. The maximum atomic E-state index is 12.4. The molecule has 32 heavy (non-hydrogen) atoms. The van der Waals surface area contributed by atoms with Gasteiger partial charge in [-0.25, -0.2) is 4.68 Å². The van der Waals surface area contributed by atoms with Crippen LogP contribution in [0.2, 0.25) is 0 Å². The zero-order valence-corrected chi connectivity index (χ0v) is 18.0. The van der Waals surface area contributed by atoms with Gasteiger partial charge in [-0.3, -0.25) is 9.48 Å². The summed E-state index contributed by atoms with van der Waals surface area (Å²) in [5.74, 6) is 0.607. The molecule has 166 valence electrons. The summed E-state index contributed by atoms with van der Waals surface area (Å²) < 4.78 is 3.54. The fourth-order valence-electron chi connectivity index (χ4n) is 3.48. The molecular weight excluding hydrogens is 408 g/mol. The van der Waals surface area contributed by atoms with Crippen LogP contribution in [0.3, 0.4) is 0 Å². The number of hydrogen-bond donors (Lipinski definition) is 4. The van der Waals surface area contributed by atoms with Gasteiger partial charge in [0, 0.05) is 30.2 Å². The van der Waals surface area contributed by atoms with Gasteiger partial charge in [0.25, 0.3) is 0 Å². The minimum atomic E-state index is -0.0732. The number of hydrogen-bond acceptors (Lipinski definition) is 8. The average molecular weight is 435 g/mol. The molecule has 0 bridgehead atoms. The van der Waals surface area contributed by atoms with E-state index in [9.17, 15) is 4.79 Å². The molecule has 1 aromatic carbocycles. The molecule has 3 aromatic heterocycles. The van der Waals surface area contributed by atoms with Gasteiger partial charge < -0.3 is 22.1 Å². The minimum Gasteiger partial charge on any atom is -0.399 e. The van der Waals surface area contributed by atoms with E-state index in [0.29, 0.717) is 30.2 Å². The van der Waals surface area contributed by atoms with E-state index < -0.39 is 0 Å². The van der Waals surface area contributed by atoms with Crippen molar-refractivity contribution < 1.29 is 4.79 Å². The highest BCUT2D eigenvalue weighted by Gasteiger charge is 2.13. The molecule has 0 atom stereocenters. The molecule has 0 unspecified atom stereocenters. The first-order valence-electron chi connectivity index (χ1n) is 10.3. The van der Waals surface area contributed by atoms with E-state index >= 15 is 0 Å². The van der Waals surface area contributed by atoms with Gasteiger partial charge in [0.2, 0.25) is 11.9 Å². The van der Waals surface area contributed by atoms with Crippen LogP contribution in [-0.2, 0) is 24.3 Å². The molecule has 11 heteroatoms. The van der Waals surface area contributed by atoms with Crippen molar-refractivity contribution in [2.75, 3.05) is 23.3 Å². The van der Waals surface area contributed by atoms with Crippen LogP contribution >= 0.6 is 0 Å². The lowest BCUT2D eigenvalue weighted by Gasteiger charge is -2.09. The van der Waals surface area contributed by atoms with E-state index in [4.69, 9.17) is 11.5 Å². The number of rotatable bonds is 8. The van der Waals surface area contributed by atoms with Crippen LogP contribution in [0.5, 0.6) is 0 Å². The van der Waals surface area contributed by atoms with Crippen molar-refractivity contribution in [3.63, 3.8) is 0 Å². The Bertz CT molecular complexity index is 1240.